The molecule has 0 aromatic heterocycles. The van der Waals surface area contributed by atoms with Crippen LogP contribution < -0.4 is 0 Å². The van der Waals surface area contributed by atoms with E-state index in [4.69, 9.17) is 14.2 Å². The van der Waals surface area contributed by atoms with E-state index in [0.29, 0.717) is 26.4 Å². The van der Waals surface area contributed by atoms with Gasteiger partial charge in [-0.15, -0.1) is 0 Å². The SMILES string of the molecule is CC(C)(C)CC(CCOCCOCCOC(C)(C)C)C(F)(F)F. The Morgan fingerprint density at radius 2 is 1.22 bits per heavy atom. The molecule has 0 aromatic rings. The van der Waals surface area contributed by atoms with Gasteiger partial charge >= 0.3 is 6.18 Å². The Labute approximate surface area is 138 Å². The molecule has 0 rings (SSSR count). The van der Waals surface area contributed by atoms with Gasteiger partial charge in [0.1, 0.15) is 0 Å². The molecule has 0 saturated heterocycles. The normalized spacial score (nSPS) is 15.0. The second kappa shape index (κ2) is 9.84. The van der Waals surface area contributed by atoms with E-state index in [9.17, 15) is 13.2 Å². The lowest BCUT2D eigenvalue weighted by molar-refractivity contribution is -0.186. The number of halogens is 3. The Hall–Kier alpha value is -0.330. The highest BCUT2D eigenvalue weighted by molar-refractivity contribution is 4.74. The van der Waals surface area contributed by atoms with Gasteiger partial charge in [0, 0.05) is 6.61 Å². The number of alkyl halides is 3. The molecule has 0 aromatic carbocycles. The molecule has 0 N–H and O–H groups in total. The fraction of sp³-hybridized carbons (Fsp3) is 1.00. The Balaban J connectivity index is 3.75. The van der Waals surface area contributed by atoms with Crippen molar-refractivity contribution in [2.45, 2.75) is 66.2 Å². The second-order valence-electron chi connectivity index (χ2n) is 7.98. The van der Waals surface area contributed by atoms with E-state index in [1.54, 1.807) is 0 Å². The first-order chi connectivity index (χ1) is 10.3. The van der Waals surface area contributed by atoms with Gasteiger partial charge in [0.2, 0.25) is 0 Å². The molecule has 0 radical (unpaired) electrons. The molecule has 0 aliphatic carbocycles. The summed E-state index contributed by atoms with van der Waals surface area (Å²) in [6.45, 7) is 13.1. The average Bonchev–Trinajstić information content (AvgIpc) is 2.31. The number of hydrogen-bond acceptors (Lipinski definition) is 3. The lowest BCUT2D eigenvalue weighted by Gasteiger charge is -2.27. The number of hydrogen-bond donors (Lipinski definition) is 0. The molecule has 0 saturated carbocycles. The molecule has 0 bridgehead atoms. The molecule has 0 amide bonds. The van der Waals surface area contributed by atoms with Crippen molar-refractivity contribution in [2.75, 3.05) is 33.0 Å². The first kappa shape index (κ1) is 22.7. The van der Waals surface area contributed by atoms with Crippen LogP contribution in [0, 0.1) is 11.3 Å². The molecule has 140 valence electrons. The smallest absolute Gasteiger partial charge is 0.379 e. The lowest BCUT2D eigenvalue weighted by atomic mass is 9.83. The van der Waals surface area contributed by atoms with Gasteiger partial charge in [0.05, 0.1) is 37.9 Å². The van der Waals surface area contributed by atoms with Gasteiger partial charge in [0.25, 0.3) is 0 Å². The summed E-state index contributed by atoms with van der Waals surface area (Å²) in [6, 6.07) is 0. The first-order valence-corrected chi connectivity index (χ1v) is 8.17. The van der Waals surface area contributed by atoms with E-state index in [0.717, 1.165) is 0 Å². The molecule has 0 fully saturated rings. The quantitative estimate of drug-likeness (QED) is 0.532. The predicted molar refractivity (Wildman–Crippen MR) is 85.6 cm³/mol. The van der Waals surface area contributed by atoms with Crippen molar-refractivity contribution in [2.24, 2.45) is 11.3 Å². The summed E-state index contributed by atoms with van der Waals surface area (Å²) in [4.78, 5) is 0. The van der Waals surface area contributed by atoms with Crippen molar-refractivity contribution in [1.82, 2.24) is 0 Å². The summed E-state index contributed by atoms with van der Waals surface area (Å²) in [7, 11) is 0. The minimum absolute atomic E-state index is 0.00605. The van der Waals surface area contributed by atoms with Crippen molar-refractivity contribution in [3.8, 4) is 0 Å². The molecular formula is C17H33F3O3. The maximum absolute atomic E-state index is 13.0. The van der Waals surface area contributed by atoms with Gasteiger partial charge in [-0.05, 0) is 39.0 Å². The third kappa shape index (κ3) is 15.0. The molecule has 0 heterocycles. The van der Waals surface area contributed by atoms with Crippen LogP contribution in [0.3, 0.4) is 0 Å². The highest BCUT2D eigenvalue weighted by Gasteiger charge is 2.41. The van der Waals surface area contributed by atoms with Crippen LogP contribution in [0.25, 0.3) is 0 Å². The molecule has 1 unspecified atom stereocenters. The van der Waals surface area contributed by atoms with E-state index in [1.807, 2.05) is 41.5 Å². The van der Waals surface area contributed by atoms with Crippen molar-refractivity contribution >= 4 is 0 Å². The standard InChI is InChI=1S/C17H33F3O3/c1-15(2,3)13-14(17(18,19)20)7-8-21-9-10-22-11-12-23-16(4,5)6/h14H,7-13H2,1-6H3. The van der Waals surface area contributed by atoms with Gasteiger partial charge in [-0.25, -0.2) is 0 Å². The van der Waals surface area contributed by atoms with Crippen LogP contribution in [0.5, 0.6) is 0 Å². The van der Waals surface area contributed by atoms with Crippen molar-refractivity contribution in [1.29, 1.82) is 0 Å². The van der Waals surface area contributed by atoms with Gasteiger partial charge < -0.3 is 14.2 Å². The minimum atomic E-state index is -4.17. The van der Waals surface area contributed by atoms with E-state index >= 15 is 0 Å². The van der Waals surface area contributed by atoms with Gasteiger partial charge in [-0.2, -0.15) is 13.2 Å². The third-order valence-corrected chi connectivity index (χ3v) is 3.07. The van der Waals surface area contributed by atoms with Crippen LogP contribution in [0.1, 0.15) is 54.4 Å². The van der Waals surface area contributed by atoms with E-state index < -0.39 is 12.1 Å². The van der Waals surface area contributed by atoms with Crippen LogP contribution in [-0.2, 0) is 14.2 Å². The number of rotatable bonds is 10. The summed E-state index contributed by atoms with van der Waals surface area (Å²) < 4.78 is 55.0. The molecule has 0 aliphatic rings. The van der Waals surface area contributed by atoms with Gasteiger partial charge in [-0.1, -0.05) is 20.8 Å². The van der Waals surface area contributed by atoms with Gasteiger partial charge in [-0.3, -0.25) is 0 Å². The molecular weight excluding hydrogens is 309 g/mol. The highest BCUT2D eigenvalue weighted by Crippen LogP contribution is 2.37. The fourth-order valence-electron chi connectivity index (χ4n) is 2.07. The lowest BCUT2D eigenvalue weighted by Crippen LogP contribution is -2.28. The monoisotopic (exact) mass is 342 g/mol. The van der Waals surface area contributed by atoms with Crippen LogP contribution in [-0.4, -0.2) is 44.8 Å². The highest BCUT2D eigenvalue weighted by atomic mass is 19.4. The molecule has 23 heavy (non-hydrogen) atoms. The van der Waals surface area contributed by atoms with Crippen molar-refractivity contribution < 1.29 is 27.4 Å². The largest absolute Gasteiger partial charge is 0.391 e. The number of ether oxygens (including phenoxy) is 3. The molecule has 3 nitrogen and oxygen atoms in total. The fourth-order valence-corrected chi connectivity index (χ4v) is 2.07. The summed E-state index contributed by atoms with van der Waals surface area (Å²) in [5.74, 6) is -1.32. The average molecular weight is 342 g/mol. The Bertz CT molecular complexity index is 304. The maximum atomic E-state index is 13.0. The first-order valence-electron chi connectivity index (χ1n) is 8.17. The van der Waals surface area contributed by atoms with Gasteiger partial charge in [0.15, 0.2) is 0 Å². The zero-order valence-corrected chi connectivity index (χ0v) is 15.4. The molecule has 0 spiro atoms. The summed E-state index contributed by atoms with van der Waals surface area (Å²) in [6.07, 6.45) is -4.06. The Kier molecular flexibility index (Phi) is 9.70. The Morgan fingerprint density at radius 3 is 1.65 bits per heavy atom. The molecule has 1 atom stereocenters. The van der Waals surface area contributed by atoms with E-state index in [2.05, 4.69) is 0 Å². The maximum Gasteiger partial charge on any atom is 0.391 e. The summed E-state index contributed by atoms with van der Waals surface area (Å²) in [5.41, 5.74) is -0.546. The van der Waals surface area contributed by atoms with Crippen LogP contribution in [0.2, 0.25) is 0 Å². The van der Waals surface area contributed by atoms with Crippen LogP contribution in [0.4, 0.5) is 13.2 Å². The van der Waals surface area contributed by atoms with Crippen molar-refractivity contribution in [3.63, 3.8) is 0 Å². The van der Waals surface area contributed by atoms with E-state index in [1.165, 1.54) is 0 Å². The third-order valence-electron chi connectivity index (χ3n) is 3.07. The Morgan fingerprint density at radius 1 is 0.739 bits per heavy atom. The summed E-state index contributed by atoms with van der Waals surface area (Å²) >= 11 is 0. The zero-order valence-electron chi connectivity index (χ0n) is 15.4. The minimum Gasteiger partial charge on any atom is -0.379 e. The van der Waals surface area contributed by atoms with Crippen LogP contribution in [0.15, 0.2) is 0 Å². The molecule has 0 aliphatic heterocycles. The second-order valence-corrected chi connectivity index (χ2v) is 7.98. The van der Waals surface area contributed by atoms with Crippen LogP contribution >= 0.6 is 0 Å². The van der Waals surface area contributed by atoms with E-state index in [-0.39, 0.29) is 30.5 Å². The summed E-state index contributed by atoms with van der Waals surface area (Å²) in [5, 5.41) is 0. The zero-order chi connectivity index (χ0) is 18.1. The topological polar surface area (TPSA) is 27.7 Å². The predicted octanol–water partition coefficient (Wildman–Crippen LogP) is 4.84. The molecule has 6 heteroatoms. The van der Waals surface area contributed by atoms with Crippen molar-refractivity contribution in [3.05, 3.63) is 0 Å².